The van der Waals surface area contributed by atoms with Gasteiger partial charge in [0.2, 0.25) is 5.43 Å². The van der Waals surface area contributed by atoms with E-state index in [1.54, 1.807) is 6.20 Å². The second kappa shape index (κ2) is 11.1. The maximum atomic E-state index is 11.8. The highest BCUT2D eigenvalue weighted by molar-refractivity contribution is 7.80. The number of anilines is 2. The Hall–Kier alpha value is -4.80. The third-order valence-corrected chi connectivity index (χ3v) is 8.50. The molecule has 0 aliphatic carbocycles. The number of imidazole rings is 1. The van der Waals surface area contributed by atoms with E-state index >= 15 is 0 Å². The van der Waals surface area contributed by atoms with Crippen molar-refractivity contribution in [2.75, 3.05) is 24.1 Å². The fourth-order valence-electron chi connectivity index (χ4n) is 5.72. The highest BCUT2D eigenvalue weighted by Gasteiger charge is 2.24. The summed E-state index contributed by atoms with van der Waals surface area (Å²) in [6, 6.07) is 26.5. The average molecular weight is 588 g/mol. The molecule has 1 aliphatic heterocycles. The predicted octanol–water partition coefficient (Wildman–Crippen LogP) is 4.69. The second-order valence-electron chi connectivity index (χ2n) is 10.9. The van der Waals surface area contributed by atoms with Gasteiger partial charge >= 0.3 is 0 Å². The third-order valence-electron chi connectivity index (χ3n) is 8.08. The molecule has 4 heterocycles. The number of benzene rings is 2. The lowest BCUT2D eigenvalue weighted by Gasteiger charge is -2.33. The molecule has 0 radical (unpaired) electrons. The van der Waals surface area contributed by atoms with E-state index in [1.165, 1.54) is 5.56 Å². The summed E-state index contributed by atoms with van der Waals surface area (Å²) in [5.41, 5.74) is 12.0. The Bertz CT molecular complexity index is 2010. The number of nitrogens with one attached hydrogen (secondary N) is 1. The van der Waals surface area contributed by atoms with Crippen LogP contribution in [0.2, 0.25) is 0 Å². The smallest absolute Gasteiger partial charge is 0.251 e. The minimum Gasteiger partial charge on any atom is -0.383 e. The average Bonchev–Trinajstić information content (AvgIpc) is 3.43. The van der Waals surface area contributed by atoms with Crippen molar-refractivity contribution >= 4 is 35.3 Å². The van der Waals surface area contributed by atoms with Crippen molar-refractivity contribution in [3.8, 4) is 28.3 Å². The lowest BCUT2D eigenvalue weighted by atomic mass is 10.0. The SMILES string of the molecule is Nc1ncccc1-c1nc2ccc(-c3ccccc3)nc2n1-c1ccc(CN2CCC(Nc3c(S)c(=O)c3=O)CC2)cc1. The Labute approximate surface area is 253 Å². The number of pyridine rings is 2. The van der Waals surface area contributed by atoms with E-state index in [1.807, 2.05) is 59.2 Å². The minimum atomic E-state index is -0.501. The molecule has 6 aromatic rings. The van der Waals surface area contributed by atoms with Gasteiger partial charge in [-0.1, -0.05) is 42.5 Å². The summed E-state index contributed by atoms with van der Waals surface area (Å²) in [5, 5.41) is 3.22. The molecule has 43 heavy (non-hydrogen) atoms. The van der Waals surface area contributed by atoms with E-state index in [0.717, 1.165) is 66.1 Å². The van der Waals surface area contributed by atoms with Gasteiger partial charge in [-0.05, 0) is 54.8 Å². The lowest BCUT2D eigenvalue weighted by molar-refractivity contribution is 0.211. The van der Waals surface area contributed by atoms with Gasteiger partial charge in [-0.2, -0.15) is 0 Å². The molecule has 7 rings (SSSR count). The topological polar surface area (TPSA) is 119 Å². The Morgan fingerprint density at radius 3 is 2.37 bits per heavy atom. The first-order chi connectivity index (χ1) is 21.0. The largest absolute Gasteiger partial charge is 0.383 e. The number of hydrogen-bond donors (Lipinski definition) is 3. The Kier molecular flexibility index (Phi) is 7.00. The number of thiol groups is 1. The van der Waals surface area contributed by atoms with Gasteiger partial charge in [-0.3, -0.25) is 19.1 Å². The summed E-state index contributed by atoms with van der Waals surface area (Å²) in [6.45, 7) is 2.59. The first-order valence-electron chi connectivity index (χ1n) is 14.2. The van der Waals surface area contributed by atoms with Crippen molar-refractivity contribution in [1.29, 1.82) is 0 Å². The number of nitrogens with two attached hydrogens (primary N) is 1. The molecule has 1 aliphatic rings. The van der Waals surface area contributed by atoms with Crippen LogP contribution >= 0.6 is 12.6 Å². The van der Waals surface area contributed by atoms with Crippen LogP contribution in [0.15, 0.2) is 99.5 Å². The van der Waals surface area contributed by atoms with Gasteiger partial charge in [-0.15, -0.1) is 12.6 Å². The van der Waals surface area contributed by atoms with Gasteiger partial charge in [0, 0.05) is 43.1 Å². The van der Waals surface area contributed by atoms with Crippen LogP contribution in [0.25, 0.3) is 39.5 Å². The quantitative estimate of drug-likeness (QED) is 0.182. The van der Waals surface area contributed by atoms with Crippen molar-refractivity contribution in [3.63, 3.8) is 0 Å². The maximum absolute atomic E-state index is 11.8. The number of hydrogen-bond acceptors (Lipinski definition) is 9. The van der Waals surface area contributed by atoms with Gasteiger partial charge in [0.25, 0.3) is 5.43 Å². The Morgan fingerprint density at radius 1 is 0.884 bits per heavy atom. The van der Waals surface area contributed by atoms with Gasteiger partial charge < -0.3 is 11.1 Å². The standard InChI is InChI=1S/C33H29N7O2S/c34-31-24(7-4-16-35-31)32-38-26-13-12-25(21-5-2-1-3-6-21)37-33(26)40(32)23-10-8-20(9-11-23)19-39-17-14-22(15-18-39)36-27-28(41)29(42)30(27)43/h1-13,16,22,36,43H,14-15,17-19H2,(H2,34,35). The molecule has 1 saturated heterocycles. The van der Waals surface area contributed by atoms with Crippen LogP contribution in [0.4, 0.5) is 11.5 Å². The minimum absolute atomic E-state index is 0.161. The van der Waals surface area contributed by atoms with E-state index in [0.29, 0.717) is 17.3 Å². The monoisotopic (exact) mass is 587 g/mol. The number of likely N-dealkylation sites (tertiary alicyclic amines) is 1. The molecule has 0 unspecified atom stereocenters. The van der Waals surface area contributed by atoms with Crippen LogP contribution < -0.4 is 21.9 Å². The Balaban J connectivity index is 1.15. The fraction of sp³-hybridized carbons (Fsp3) is 0.182. The number of piperidine rings is 1. The van der Waals surface area contributed by atoms with E-state index in [9.17, 15) is 9.59 Å². The molecule has 0 amide bonds. The fourth-order valence-corrected chi connectivity index (χ4v) is 5.99. The molecule has 0 saturated carbocycles. The van der Waals surface area contributed by atoms with Crippen LogP contribution in [0.3, 0.4) is 0 Å². The van der Waals surface area contributed by atoms with Gasteiger partial charge in [0.05, 0.1) is 16.2 Å². The summed E-state index contributed by atoms with van der Waals surface area (Å²) in [4.78, 5) is 40.2. The van der Waals surface area contributed by atoms with Gasteiger partial charge in [-0.25, -0.2) is 15.0 Å². The second-order valence-corrected chi connectivity index (χ2v) is 11.3. The third kappa shape index (κ3) is 5.09. The van der Waals surface area contributed by atoms with Crippen molar-refractivity contribution in [1.82, 2.24) is 24.4 Å². The zero-order valence-corrected chi connectivity index (χ0v) is 24.2. The maximum Gasteiger partial charge on any atom is 0.251 e. The Morgan fingerprint density at radius 2 is 1.65 bits per heavy atom. The van der Waals surface area contributed by atoms with E-state index in [4.69, 9.17) is 15.7 Å². The van der Waals surface area contributed by atoms with Crippen molar-refractivity contribution in [3.05, 3.63) is 111 Å². The zero-order chi connectivity index (χ0) is 29.5. The van der Waals surface area contributed by atoms with Crippen molar-refractivity contribution in [2.45, 2.75) is 30.3 Å². The van der Waals surface area contributed by atoms with Crippen molar-refractivity contribution < 1.29 is 0 Å². The number of fused-ring (bicyclic) bond motifs is 1. The summed E-state index contributed by atoms with van der Waals surface area (Å²) in [7, 11) is 0. The zero-order valence-electron chi connectivity index (χ0n) is 23.3. The van der Waals surface area contributed by atoms with Gasteiger partial charge in [0.15, 0.2) is 11.5 Å². The highest BCUT2D eigenvalue weighted by atomic mass is 32.1. The first-order valence-corrected chi connectivity index (χ1v) is 14.7. The molecule has 3 N–H and O–H groups in total. The molecule has 3 aromatic heterocycles. The number of nitrogen functional groups attached to an aromatic ring is 1. The summed E-state index contributed by atoms with van der Waals surface area (Å²) >= 11 is 4.14. The normalized spacial score (nSPS) is 14.4. The summed E-state index contributed by atoms with van der Waals surface area (Å²) < 4.78 is 2.05. The summed E-state index contributed by atoms with van der Waals surface area (Å²) in [5.74, 6) is 1.10. The molecule has 3 aromatic carbocycles. The first kappa shape index (κ1) is 27.1. The van der Waals surface area contributed by atoms with E-state index < -0.39 is 10.9 Å². The van der Waals surface area contributed by atoms with Crippen LogP contribution in [0.1, 0.15) is 18.4 Å². The van der Waals surface area contributed by atoms with Crippen molar-refractivity contribution in [2.24, 2.45) is 0 Å². The lowest BCUT2D eigenvalue weighted by Crippen LogP contribution is -2.43. The molecule has 10 heteroatoms. The summed E-state index contributed by atoms with van der Waals surface area (Å²) in [6.07, 6.45) is 3.45. The molecular formula is C33H29N7O2S. The number of rotatable bonds is 7. The van der Waals surface area contributed by atoms with Crippen LogP contribution in [0, 0.1) is 0 Å². The molecule has 0 atom stereocenters. The number of aromatic nitrogens is 4. The highest BCUT2D eigenvalue weighted by Crippen LogP contribution is 2.32. The predicted molar refractivity (Wildman–Crippen MR) is 172 cm³/mol. The molecule has 214 valence electrons. The number of nitrogens with zero attached hydrogens (tertiary/aromatic N) is 5. The van der Waals surface area contributed by atoms with Crippen LogP contribution in [0.5, 0.6) is 0 Å². The van der Waals surface area contributed by atoms with Crippen LogP contribution in [-0.2, 0) is 6.54 Å². The van der Waals surface area contributed by atoms with E-state index in [-0.39, 0.29) is 10.9 Å². The molecule has 0 bridgehead atoms. The molecule has 0 spiro atoms. The molecule has 9 nitrogen and oxygen atoms in total. The van der Waals surface area contributed by atoms with E-state index in [2.05, 4.69) is 52.1 Å². The molecular weight excluding hydrogens is 558 g/mol. The van der Waals surface area contributed by atoms with Gasteiger partial charge in [0.1, 0.15) is 17.0 Å². The molecule has 1 fully saturated rings. The van der Waals surface area contributed by atoms with Crippen LogP contribution in [-0.4, -0.2) is 43.6 Å².